The summed E-state index contributed by atoms with van der Waals surface area (Å²) in [6.45, 7) is 8.08. The van der Waals surface area contributed by atoms with Gasteiger partial charge in [-0.3, -0.25) is 14.4 Å². The molecule has 0 saturated heterocycles. The fraction of sp³-hybridized carbons (Fsp3) is 0.382. The zero-order chi connectivity index (χ0) is 32.0. The summed E-state index contributed by atoms with van der Waals surface area (Å²) in [6, 6.07) is 7.39. The lowest BCUT2D eigenvalue weighted by Gasteiger charge is -2.26. The molecule has 7 nitrogen and oxygen atoms in total. The van der Waals surface area contributed by atoms with E-state index < -0.39 is 47.6 Å². The van der Waals surface area contributed by atoms with E-state index in [9.17, 15) is 23.9 Å². The highest BCUT2D eigenvalue weighted by molar-refractivity contribution is 5.82. The number of amides is 1. The molecule has 1 aromatic heterocycles. The number of aromatic nitrogens is 1. The van der Waals surface area contributed by atoms with Gasteiger partial charge in [-0.1, -0.05) is 38.0 Å². The summed E-state index contributed by atoms with van der Waals surface area (Å²) in [4.78, 5) is 40.7. The minimum Gasteiger partial charge on any atom is -0.481 e. The van der Waals surface area contributed by atoms with Crippen molar-refractivity contribution in [1.82, 2.24) is 14.8 Å². The van der Waals surface area contributed by atoms with Crippen molar-refractivity contribution in [2.45, 2.75) is 59.0 Å². The summed E-state index contributed by atoms with van der Waals surface area (Å²) < 4.78 is 31.6. The van der Waals surface area contributed by atoms with Gasteiger partial charge in [0.1, 0.15) is 11.9 Å². The average Bonchev–Trinajstić information content (AvgIpc) is 2.92. The number of likely N-dealkylation sites (N-methyl/N-ethyl adjacent to an activating group) is 1. The van der Waals surface area contributed by atoms with Gasteiger partial charge in [-0.2, -0.15) is 0 Å². The monoisotopic (exact) mass is 591 g/mol. The molecule has 0 aliphatic rings. The van der Waals surface area contributed by atoms with E-state index in [0.29, 0.717) is 24.1 Å². The van der Waals surface area contributed by atoms with Gasteiger partial charge in [-0.05, 0) is 92.7 Å². The van der Waals surface area contributed by atoms with Crippen molar-refractivity contribution >= 4 is 11.9 Å². The van der Waals surface area contributed by atoms with Gasteiger partial charge >= 0.3 is 5.97 Å². The van der Waals surface area contributed by atoms with Gasteiger partial charge in [0.25, 0.3) is 5.56 Å². The number of carbonyl (C=O) groups excluding carboxylic acids is 1. The van der Waals surface area contributed by atoms with Crippen LogP contribution in [0.5, 0.6) is 0 Å². The van der Waals surface area contributed by atoms with E-state index in [1.165, 1.54) is 18.3 Å². The van der Waals surface area contributed by atoms with Crippen molar-refractivity contribution in [3.63, 3.8) is 0 Å². The molecule has 0 unspecified atom stereocenters. The lowest BCUT2D eigenvalue weighted by atomic mass is 9.90. The molecule has 0 aliphatic carbocycles. The highest BCUT2D eigenvalue weighted by Crippen LogP contribution is 2.33. The van der Waals surface area contributed by atoms with E-state index in [-0.39, 0.29) is 23.5 Å². The Balaban J connectivity index is 2.13. The number of benzene rings is 2. The quantitative estimate of drug-likeness (QED) is 0.275. The Labute approximate surface area is 251 Å². The van der Waals surface area contributed by atoms with Crippen molar-refractivity contribution in [3.8, 4) is 23.5 Å². The molecule has 0 spiro atoms. The normalized spacial score (nSPS) is 12.7. The molecule has 1 amide bonds. The van der Waals surface area contributed by atoms with Gasteiger partial charge in [0.15, 0.2) is 5.82 Å². The van der Waals surface area contributed by atoms with Crippen LogP contribution in [0.15, 0.2) is 47.4 Å². The molecule has 0 radical (unpaired) electrons. The standard InChI is InChI=1S/C34H39F2N3O4/c1-8-24-16-25(31-21(4)10-9-11-22(31)5)17-26(32(24)36)28(18-30(40)41)37-33(42)29(14-20(2)3)39-19-23(12-13-38(6)7)15-27(35)34(39)43/h1,9-11,15-17,19-20,28-29H,12-14,18H2,2-7H3,(H,37,42)(H,40,41)/t28-,29-/m1/s1. The maximum atomic E-state index is 15.8. The van der Waals surface area contributed by atoms with Crippen molar-refractivity contribution in [3.05, 3.63) is 92.4 Å². The first-order valence-corrected chi connectivity index (χ1v) is 14.2. The largest absolute Gasteiger partial charge is 0.481 e. The summed E-state index contributed by atoms with van der Waals surface area (Å²) >= 11 is 0. The van der Waals surface area contributed by atoms with E-state index in [2.05, 4.69) is 11.2 Å². The van der Waals surface area contributed by atoms with Crippen LogP contribution in [-0.4, -0.2) is 47.1 Å². The van der Waals surface area contributed by atoms with Gasteiger partial charge in [-0.25, -0.2) is 8.78 Å². The number of rotatable bonds is 12. The molecule has 3 rings (SSSR count). The van der Waals surface area contributed by atoms with E-state index >= 15 is 4.39 Å². The summed E-state index contributed by atoms with van der Waals surface area (Å²) in [5.41, 5.74) is 2.60. The number of carboxylic acids is 1. The topological polar surface area (TPSA) is 91.6 Å². The number of hydrogen-bond donors (Lipinski definition) is 2. The first-order chi connectivity index (χ1) is 20.2. The Bertz CT molecular complexity index is 1580. The van der Waals surface area contributed by atoms with Crippen LogP contribution in [0.4, 0.5) is 8.78 Å². The van der Waals surface area contributed by atoms with Gasteiger partial charge in [-0.15, -0.1) is 6.42 Å². The van der Waals surface area contributed by atoms with E-state index in [1.807, 2.05) is 64.9 Å². The van der Waals surface area contributed by atoms with Gasteiger partial charge in [0, 0.05) is 18.3 Å². The number of terminal acetylenes is 1. The molecule has 1 heterocycles. The van der Waals surface area contributed by atoms with Crippen LogP contribution < -0.4 is 10.9 Å². The second kappa shape index (κ2) is 14.3. The van der Waals surface area contributed by atoms with Crippen molar-refractivity contribution in [2.75, 3.05) is 20.6 Å². The maximum Gasteiger partial charge on any atom is 0.305 e. The van der Waals surface area contributed by atoms with E-state index in [1.54, 1.807) is 0 Å². The summed E-state index contributed by atoms with van der Waals surface area (Å²) in [6.07, 6.45) is 7.05. The van der Waals surface area contributed by atoms with Crippen LogP contribution in [0.2, 0.25) is 0 Å². The Kier molecular flexibility index (Phi) is 11.0. The molecule has 43 heavy (non-hydrogen) atoms. The number of carboxylic acid groups (broad SMARTS) is 1. The fourth-order valence-electron chi connectivity index (χ4n) is 5.24. The van der Waals surface area contributed by atoms with Crippen molar-refractivity contribution < 1.29 is 23.5 Å². The number of pyridine rings is 1. The Hall–Kier alpha value is -4.29. The highest BCUT2D eigenvalue weighted by Gasteiger charge is 2.30. The van der Waals surface area contributed by atoms with Gasteiger partial charge < -0.3 is 19.9 Å². The lowest BCUT2D eigenvalue weighted by Crippen LogP contribution is -2.41. The number of aryl methyl sites for hydroxylation is 2. The molecule has 0 aliphatic heterocycles. The highest BCUT2D eigenvalue weighted by atomic mass is 19.1. The Morgan fingerprint density at radius 1 is 1.12 bits per heavy atom. The number of hydrogen-bond acceptors (Lipinski definition) is 4. The molecule has 228 valence electrons. The number of halogens is 2. The van der Waals surface area contributed by atoms with Crippen LogP contribution in [-0.2, 0) is 16.0 Å². The molecular weight excluding hydrogens is 552 g/mol. The Morgan fingerprint density at radius 2 is 1.77 bits per heavy atom. The number of aliphatic carboxylic acids is 1. The number of carbonyl (C=O) groups is 2. The Morgan fingerprint density at radius 3 is 2.33 bits per heavy atom. The molecule has 3 aromatic rings. The molecule has 2 N–H and O–H groups in total. The van der Waals surface area contributed by atoms with Gasteiger partial charge in [0.2, 0.25) is 5.91 Å². The maximum absolute atomic E-state index is 15.8. The molecule has 2 aromatic carbocycles. The summed E-state index contributed by atoms with van der Waals surface area (Å²) in [7, 11) is 3.73. The number of nitrogens with zero attached hydrogens (tertiary/aromatic N) is 2. The third-order valence-corrected chi connectivity index (χ3v) is 7.33. The molecule has 0 fully saturated rings. The third kappa shape index (κ3) is 8.17. The smallest absolute Gasteiger partial charge is 0.305 e. The van der Waals surface area contributed by atoms with Crippen LogP contribution in [0.1, 0.15) is 66.6 Å². The van der Waals surface area contributed by atoms with Crippen LogP contribution in [0.3, 0.4) is 0 Å². The molecule has 0 bridgehead atoms. The zero-order valence-corrected chi connectivity index (χ0v) is 25.5. The molecular formula is C34H39F2N3O4. The van der Waals surface area contributed by atoms with Crippen molar-refractivity contribution in [2.24, 2.45) is 5.92 Å². The predicted molar refractivity (Wildman–Crippen MR) is 164 cm³/mol. The fourth-order valence-corrected chi connectivity index (χ4v) is 5.24. The molecule has 9 heteroatoms. The third-order valence-electron chi connectivity index (χ3n) is 7.33. The minimum atomic E-state index is -1.33. The van der Waals surface area contributed by atoms with Crippen LogP contribution in [0, 0.1) is 43.7 Å². The average molecular weight is 592 g/mol. The number of nitrogens with one attached hydrogen (secondary N) is 1. The SMILES string of the molecule is C#Cc1cc(-c2c(C)cccc2C)cc([C@@H](CC(=O)O)NC(=O)[C@@H](CC(C)C)n2cc(CCN(C)C)cc(F)c2=O)c1F. The van der Waals surface area contributed by atoms with E-state index in [0.717, 1.165) is 27.3 Å². The second-order valence-corrected chi connectivity index (χ2v) is 11.6. The summed E-state index contributed by atoms with van der Waals surface area (Å²) in [5, 5.41) is 12.4. The van der Waals surface area contributed by atoms with Crippen LogP contribution in [0.25, 0.3) is 11.1 Å². The zero-order valence-electron chi connectivity index (χ0n) is 25.5. The van der Waals surface area contributed by atoms with Gasteiger partial charge in [0.05, 0.1) is 18.0 Å². The molecule has 2 atom stereocenters. The minimum absolute atomic E-state index is 0.0783. The lowest BCUT2D eigenvalue weighted by molar-refractivity contribution is -0.138. The first kappa shape index (κ1) is 33.2. The summed E-state index contributed by atoms with van der Waals surface area (Å²) in [5.74, 6) is -1.58. The first-order valence-electron chi connectivity index (χ1n) is 14.2. The molecule has 0 saturated carbocycles. The van der Waals surface area contributed by atoms with Crippen LogP contribution >= 0.6 is 0 Å². The van der Waals surface area contributed by atoms with E-state index in [4.69, 9.17) is 6.42 Å². The second-order valence-electron chi connectivity index (χ2n) is 11.6. The predicted octanol–water partition coefficient (Wildman–Crippen LogP) is 5.42. The van der Waals surface area contributed by atoms with Crippen molar-refractivity contribution in [1.29, 1.82) is 0 Å².